The second-order valence-electron chi connectivity index (χ2n) is 4.42. The number of rotatable bonds is 4. The lowest BCUT2D eigenvalue weighted by atomic mass is 9.99. The molecule has 1 aromatic heterocycles. The zero-order chi connectivity index (χ0) is 11.6. The Bertz CT molecular complexity index is 314. The summed E-state index contributed by atoms with van der Waals surface area (Å²) in [5.41, 5.74) is 1.02. The number of thiophene rings is 1. The maximum Gasteiger partial charge on any atom is 0.0730 e. The number of hydrogen-bond donors (Lipinski definition) is 2. The fourth-order valence-corrected chi connectivity index (χ4v) is 2.64. The third-order valence-electron chi connectivity index (χ3n) is 2.67. The minimum absolute atomic E-state index is 0.246. The Morgan fingerprint density at radius 2 is 2.20 bits per heavy atom. The standard InChI is InChI=1S/C11H18BrNOS/c1-7-5-9(15-10(7)12)6-13-11(3,4)8(2)14/h5,8,13-14H,6H2,1-4H3. The SMILES string of the molecule is Cc1cc(CNC(C)(C)C(C)O)sc1Br. The first kappa shape index (κ1) is 13.2. The smallest absolute Gasteiger partial charge is 0.0730 e. The van der Waals surface area contributed by atoms with E-state index >= 15 is 0 Å². The lowest BCUT2D eigenvalue weighted by molar-refractivity contribution is 0.0958. The van der Waals surface area contributed by atoms with Gasteiger partial charge in [-0.2, -0.15) is 0 Å². The highest BCUT2D eigenvalue weighted by Crippen LogP contribution is 2.27. The fraction of sp³-hybridized carbons (Fsp3) is 0.636. The number of hydrogen-bond acceptors (Lipinski definition) is 3. The van der Waals surface area contributed by atoms with Crippen molar-refractivity contribution in [1.82, 2.24) is 5.32 Å². The van der Waals surface area contributed by atoms with E-state index in [1.807, 2.05) is 20.8 Å². The van der Waals surface area contributed by atoms with E-state index in [9.17, 15) is 5.11 Å². The summed E-state index contributed by atoms with van der Waals surface area (Å²) in [5.74, 6) is 0. The van der Waals surface area contributed by atoms with Gasteiger partial charge in [0, 0.05) is 17.0 Å². The van der Waals surface area contributed by atoms with Crippen molar-refractivity contribution in [3.63, 3.8) is 0 Å². The Morgan fingerprint density at radius 3 is 2.60 bits per heavy atom. The number of aliphatic hydroxyl groups excluding tert-OH is 1. The highest BCUT2D eigenvalue weighted by Gasteiger charge is 2.23. The van der Waals surface area contributed by atoms with Crippen molar-refractivity contribution in [2.24, 2.45) is 0 Å². The van der Waals surface area contributed by atoms with E-state index in [1.165, 1.54) is 14.2 Å². The van der Waals surface area contributed by atoms with Crippen LogP contribution in [0.15, 0.2) is 9.85 Å². The molecule has 1 aromatic rings. The van der Waals surface area contributed by atoms with E-state index in [4.69, 9.17) is 0 Å². The van der Waals surface area contributed by atoms with Crippen LogP contribution in [-0.2, 0) is 6.54 Å². The van der Waals surface area contributed by atoms with E-state index in [-0.39, 0.29) is 11.6 Å². The molecule has 1 heterocycles. The maximum absolute atomic E-state index is 9.55. The third-order valence-corrected chi connectivity index (χ3v) is 4.81. The van der Waals surface area contributed by atoms with Crippen molar-refractivity contribution >= 4 is 27.3 Å². The number of aryl methyl sites for hydroxylation is 1. The van der Waals surface area contributed by atoms with Crippen molar-refractivity contribution in [3.8, 4) is 0 Å². The summed E-state index contributed by atoms with van der Waals surface area (Å²) in [6, 6.07) is 2.17. The van der Waals surface area contributed by atoms with Gasteiger partial charge in [0.1, 0.15) is 0 Å². The topological polar surface area (TPSA) is 32.3 Å². The van der Waals surface area contributed by atoms with Gasteiger partial charge in [-0.3, -0.25) is 0 Å². The van der Waals surface area contributed by atoms with Crippen LogP contribution in [0.5, 0.6) is 0 Å². The van der Waals surface area contributed by atoms with Crippen molar-refractivity contribution in [3.05, 3.63) is 20.3 Å². The molecule has 1 rings (SSSR count). The fourth-order valence-electron chi connectivity index (χ4n) is 1.07. The average Bonchev–Trinajstić information content (AvgIpc) is 2.43. The summed E-state index contributed by atoms with van der Waals surface area (Å²) < 4.78 is 1.19. The quantitative estimate of drug-likeness (QED) is 0.894. The molecule has 15 heavy (non-hydrogen) atoms. The summed E-state index contributed by atoms with van der Waals surface area (Å²) in [7, 11) is 0. The van der Waals surface area contributed by atoms with Gasteiger partial charge in [-0.1, -0.05) is 0 Å². The average molecular weight is 292 g/mol. The van der Waals surface area contributed by atoms with Crippen LogP contribution >= 0.6 is 27.3 Å². The Labute approximate surface area is 104 Å². The Hall–Kier alpha value is 0.100. The van der Waals surface area contributed by atoms with Gasteiger partial charge in [0.15, 0.2) is 0 Å². The molecule has 1 atom stereocenters. The van der Waals surface area contributed by atoms with E-state index < -0.39 is 0 Å². The zero-order valence-corrected chi connectivity index (χ0v) is 12.0. The highest BCUT2D eigenvalue weighted by atomic mass is 79.9. The van der Waals surface area contributed by atoms with Crippen molar-refractivity contribution in [1.29, 1.82) is 0 Å². The molecule has 0 fully saturated rings. The van der Waals surface area contributed by atoms with E-state index in [0.717, 1.165) is 6.54 Å². The van der Waals surface area contributed by atoms with Crippen molar-refractivity contribution in [2.45, 2.75) is 45.9 Å². The molecule has 2 N–H and O–H groups in total. The summed E-state index contributed by atoms with van der Waals surface area (Å²) in [4.78, 5) is 1.29. The van der Waals surface area contributed by atoms with Gasteiger partial charge in [0.05, 0.1) is 9.89 Å². The Balaban J connectivity index is 2.57. The van der Waals surface area contributed by atoms with Gasteiger partial charge in [-0.15, -0.1) is 11.3 Å². The first-order valence-electron chi connectivity index (χ1n) is 5.01. The molecule has 0 amide bonds. The molecule has 0 aliphatic carbocycles. The molecule has 0 radical (unpaired) electrons. The van der Waals surface area contributed by atoms with Crippen LogP contribution in [0.4, 0.5) is 0 Å². The molecule has 0 aliphatic rings. The molecule has 4 heteroatoms. The Morgan fingerprint density at radius 1 is 1.60 bits per heavy atom. The molecule has 0 bridgehead atoms. The van der Waals surface area contributed by atoms with Crippen LogP contribution in [0, 0.1) is 6.92 Å². The van der Waals surface area contributed by atoms with Gasteiger partial charge in [0.25, 0.3) is 0 Å². The monoisotopic (exact) mass is 291 g/mol. The maximum atomic E-state index is 9.55. The van der Waals surface area contributed by atoms with Gasteiger partial charge in [0.2, 0.25) is 0 Å². The van der Waals surface area contributed by atoms with E-state index in [1.54, 1.807) is 11.3 Å². The first-order valence-corrected chi connectivity index (χ1v) is 6.62. The third kappa shape index (κ3) is 3.55. The normalized spacial score (nSPS) is 14.3. The van der Waals surface area contributed by atoms with Gasteiger partial charge < -0.3 is 10.4 Å². The lowest BCUT2D eigenvalue weighted by Gasteiger charge is -2.29. The molecule has 2 nitrogen and oxygen atoms in total. The summed E-state index contributed by atoms with van der Waals surface area (Å²) in [5, 5.41) is 12.9. The molecule has 1 unspecified atom stereocenters. The second kappa shape index (κ2) is 4.95. The molecule has 0 aliphatic heterocycles. The second-order valence-corrected chi connectivity index (χ2v) is 6.88. The minimum Gasteiger partial charge on any atom is -0.392 e. The zero-order valence-electron chi connectivity index (χ0n) is 9.60. The largest absolute Gasteiger partial charge is 0.392 e. The molecule has 86 valence electrons. The minimum atomic E-state index is -0.359. The molecule has 0 spiro atoms. The van der Waals surface area contributed by atoms with Crippen molar-refractivity contribution in [2.75, 3.05) is 0 Å². The molecule has 0 saturated heterocycles. The number of aliphatic hydroxyl groups is 1. The van der Waals surface area contributed by atoms with Crippen LogP contribution in [-0.4, -0.2) is 16.7 Å². The van der Waals surface area contributed by atoms with E-state index in [0.29, 0.717) is 0 Å². The lowest BCUT2D eigenvalue weighted by Crippen LogP contribution is -2.47. The summed E-state index contributed by atoms with van der Waals surface area (Å²) in [6.45, 7) is 8.71. The van der Waals surface area contributed by atoms with Gasteiger partial charge in [-0.05, 0) is 55.3 Å². The molecular weight excluding hydrogens is 274 g/mol. The van der Waals surface area contributed by atoms with E-state index in [2.05, 4.69) is 34.2 Å². The molecular formula is C11H18BrNOS. The molecule has 0 saturated carbocycles. The Kier molecular flexibility index (Phi) is 4.35. The first-order chi connectivity index (χ1) is 6.83. The van der Waals surface area contributed by atoms with Crippen molar-refractivity contribution < 1.29 is 5.11 Å². The van der Waals surface area contributed by atoms with Crippen LogP contribution in [0.1, 0.15) is 31.2 Å². The van der Waals surface area contributed by atoms with Gasteiger partial charge in [-0.25, -0.2) is 0 Å². The summed E-state index contributed by atoms with van der Waals surface area (Å²) >= 11 is 5.25. The van der Waals surface area contributed by atoms with Crippen LogP contribution in [0.2, 0.25) is 0 Å². The summed E-state index contributed by atoms with van der Waals surface area (Å²) in [6.07, 6.45) is -0.359. The number of nitrogens with one attached hydrogen (secondary N) is 1. The van der Waals surface area contributed by atoms with Gasteiger partial charge >= 0.3 is 0 Å². The molecule has 0 aromatic carbocycles. The highest BCUT2D eigenvalue weighted by molar-refractivity contribution is 9.11. The number of halogens is 1. The van der Waals surface area contributed by atoms with Crippen LogP contribution < -0.4 is 5.32 Å². The predicted octanol–water partition coefficient (Wildman–Crippen LogP) is 3.07. The van der Waals surface area contributed by atoms with Crippen LogP contribution in [0.25, 0.3) is 0 Å². The predicted molar refractivity (Wildman–Crippen MR) is 69.4 cm³/mol. The van der Waals surface area contributed by atoms with Crippen LogP contribution in [0.3, 0.4) is 0 Å².